The number of rotatable bonds is 7. The first-order chi connectivity index (χ1) is 14.5. The molecule has 1 amide bonds. The number of hydrogen-bond donors (Lipinski definition) is 2. The van der Waals surface area contributed by atoms with Crippen molar-refractivity contribution < 1.29 is 31.5 Å². The fourth-order valence-corrected chi connectivity index (χ4v) is 5.32. The lowest BCUT2D eigenvalue weighted by molar-refractivity contribution is -0.272. The molecule has 1 saturated heterocycles. The van der Waals surface area contributed by atoms with E-state index >= 15 is 0 Å². The van der Waals surface area contributed by atoms with Gasteiger partial charge in [0.25, 0.3) is 0 Å². The molecule has 2 heterocycles. The number of carbonyl (C=O) groups is 1. The highest BCUT2D eigenvalue weighted by Crippen LogP contribution is 2.40. The fourth-order valence-electron chi connectivity index (χ4n) is 3.65. The summed E-state index contributed by atoms with van der Waals surface area (Å²) in [6.07, 6.45) is -2.78. The molecule has 0 aliphatic carbocycles. The number of halogens is 3. The Bertz CT molecular complexity index is 1030. The number of aliphatic hydroxyl groups is 1. The second-order valence-electron chi connectivity index (χ2n) is 7.35. The van der Waals surface area contributed by atoms with Gasteiger partial charge in [-0.1, -0.05) is 18.2 Å². The molecule has 1 aliphatic heterocycles. The number of nitrogens with one attached hydrogen (secondary N) is 1. The maximum absolute atomic E-state index is 13.6. The van der Waals surface area contributed by atoms with Crippen molar-refractivity contribution in [2.24, 2.45) is 7.05 Å². The van der Waals surface area contributed by atoms with Gasteiger partial charge in [-0.25, -0.2) is 13.4 Å². The molecule has 1 fully saturated rings. The Balaban J connectivity index is 1.71. The molecule has 1 aromatic heterocycles. The van der Waals surface area contributed by atoms with E-state index in [1.54, 1.807) is 18.2 Å². The van der Waals surface area contributed by atoms with Crippen molar-refractivity contribution >= 4 is 15.9 Å². The Hall–Kier alpha value is -2.44. The van der Waals surface area contributed by atoms with Gasteiger partial charge in [-0.3, -0.25) is 4.79 Å². The van der Waals surface area contributed by atoms with Gasteiger partial charge in [0.05, 0.1) is 4.90 Å². The molecule has 0 spiro atoms. The Labute approximate surface area is 177 Å². The Kier molecular flexibility index (Phi) is 6.44. The normalized spacial score (nSPS) is 19.8. The van der Waals surface area contributed by atoms with Crippen LogP contribution in [-0.2, 0) is 27.5 Å². The zero-order valence-electron chi connectivity index (χ0n) is 16.7. The molecule has 0 bridgehead atoms. The van der Waals surface area contributed by atoms with E-state index in [1.165, 1.54) is 25.4 Å². The predicted octanol–water partition coefficient (Wildman–Crippen LogP) is 1.53. The van der Waals surface area contributed by atoms with Gasteiger partial charge in [0, 0.05) is 39.0 Å². The molecule has 31 heavy (non-hydrogen) atoms. The highest BCUT2D eigenvalue weighted by Gasteiger charge is 2.57. The predicted molar refractivity (Wildman–Crippen MR) is 104 cm³/mol. The SMILES string of the molecule is Cn1ccnc1C(O)(CCNC(=O)C1CCCN1S(=O)(=O)c1ccccc1)C(F)(F)F. The van der Waals surface area contributed by atoms with Crippen LogP contribution in [0.1, 0.15) is 25.1 Å². The molecule has 8 nitrogen and oxygen atoms in total. The van der Waals surface area contributed by atoms with Crippen molar-refractivity contribution in [3.8, 4) is 0 Å². The number of sulfonamides is 1. The van der Waals surface area contributed by atoms with E-state index in [0.717, 1.165) is 15.1 Å². The second-order valence-corrected chi connectivity index (χ2v) is 9.24. The maximum Gasteiger partial charge on any atom is 0.424 e. The third-order valence-corrected chi connectivity index (χ3v) is 7.22. The lowest BCUT2D eigenvalue weighted by atomic mass is 9.97. The first-order valence-corrected chi connectivity index (χ1v) is 11.0. The molecule has 3 rings (SSSR count). The van der Waals surface area contributed by atoms with Crippen molar-refractivity contribution in [1.29, 1.82) is 0 Å². The summed E-state index contributed by atoms with van der Waals surface area (Å²) in [7, 11) is -2.60. The number of benzene rings is 1. The molecule has 12 heteroatoms. The fraction of sp³-hybridized carbons (Fsp3) is 0.474. The average molecular weight is 460 g/mol. The minimum absolute atomic E-state index is 0.0379. The minimum Gasteiger partial charge on any atom is -0.374 e. The third kappa shape index (κ3) is 4.46. The van der Waals surface area contributed by atoms with Gasteiger partial charge in [0.1, 0.15) is 11.9 Å². The highest BCUT2D eigenvalue weighted by molar-refractivity contribution is 7.89. The van der Waals surface area contributed by atoms with Crippen LogP contribution in [0.4, 0.5) is 13.2 Å². The number of hydrogen-bond acceptors (Lipinski definition) is 5. The zero-order chi connectivity index (χ0) is 22.9. The minimum atomic E-state index is -5.02. The van der Waals surface area contributed by atoms with Crippen LogP contribution in [0.3, 0.4) is 0 Å². The Morgan fingerprint density at radius 1 is 1.29 bits per heavy atom. The smallest absolute Gasteiger partial charge is 0.374 e. The number of aryl methyl sites for hydroxylation is 1. The zero-order valence-corrected chi connectivity index (χ0v) is 17.5. The quantitative estimate of drug-likeness (QED) is 0.652. The van der Waals surface area contributed by atoms with E-state index in [-0.39, 0.29) is 17.9 Å². The number of carbonyl (C=O) groups excluding carboxylic acids is 1. The molecule has 2 aromatic rings. The van der Waals surface area contributed by atoms with E-state index in [2.05, 4.69) is 10.3 Å². The van der Waals surface area contributed by atoms with Crippen molar-refractivity contribution in [3.05, 3.63) is 48.5 Å². The van der Waals surface area contributed by atoms with Crippen LogP contribution in [0.15, 0.2) is 47.6 Å². The van der Waals surface area contributed by atoms with Crippen molar-refractivity contribution in [1.82, 2.24) is 19.2 Å². The second kappa shape index (κ2) is 8.60. The van der Waals surface area contributed by atoms with E-state index in [9.17, 15) is 31.5 Å². The van der Waals surface area contributed by atoms with E-state index in [1.807, 2.05) is 0 Å². The van der Waals surface area contributed by atoms with Crippen molar-refractivity contribution in [2.45, 2.75) is 42.0 Å². The van der Waals surface area contributed by atoms with Gasteiger partial charge in [-0.2, -0.15) is 17.5 Å². The summed E-state index contributed by atoms with van der Waals surface area (Å²) in [5.74, 6) is -1.30. The lowest BCUT2D eigenvalue weighted by Gasteiger charge is -2.30. The molecule has 2 atom stereocenters. The largest absolute Gasteiger partial charge is 0.424 e. The standard InChI is InChI=1S/C19H23F3N4O4S/c1-25-13-11-24-17(25)18(28,19(20,21)22)9-10-23-16(27)15-8-5-12-26(15)31(29,30)14-6-3-2-4-7-14/h2-4,6-7,11,13,15,28H,5,8-10,12H2,1H3,(H,23,27). The summed E-state index contributed by atoms with van der Waals surface area (Å²) in [5, 5.41) is 12.7. The van der Waals surface area contributed by atoms with Crippen LogP contribution in [0, 0.1) is 0 Å². The van der Waals surface area contributed by atoms with Gasteiger partial charge in [-0.05, 0) is 25.0 Å². The summed E-state index contributed by atoms with van der Waals surface area (Å²) in [6, 6.07) is 6.59. The first-order valence-electron chi connectivity index (χ1n) is 9.60. The Morgan fingerprint density at radius 2 is 1.97 bits per heavy atom. The van der Waals surface area contributed by atoms with Gasteiger partial charge in [0.2, 0.25) is 21.5 Å². The Morgan fingerprint density at radius 3 is 2.55 bits per heavy atom. The summed E-state index contributed by atoms with van der Waals surface area (Å²) in [6.45, 7) is -0.382. The lowest BCUT2D eigenvalue weighted by Crippen LogP contribution is -2.49. The molecule has 1 aliphatic rings. The molecule has 2 unspecified atom stereocenters. The molecule has 0 radical (unpaired) electrons. The van der Waals surface area contributed by atoms with Crippen molar-refractivity contribution in [3.63, 3.8) is 0 Å². The van der Waals surface area contributed by atoms with E-state index in [0.29, 0.717) is 6.42 Å². The molecule has 170 valence electrons. The first kappa shape index (κ1) is 23.2. The topological polar surface area (TPSA) is 105 Å². The van der Waals surface area contributed by atoms with Crippen LogP contribution in [0.25, 0.3) is 0 Å². The van der Waals surface area contributed by atoms with Crippen LogP contribution < -0.4 is 5.32 Å². The molecule has 2 N–H and O–H groups in total. The van der Waals surface area contributed by atoms with E-state index in [4.69, 9.17) is 0 Å². The summed E-state index contributed by atoms with van der Waals surface area (Å²) in [5.41, 5.74) is -3.26. The van der Waals surface area contributed by atoms with Crippen LogP contribution in [-0.4, -0.2) is 58.6 Å². The highest BCUT2D eigenvalue weighted by atomic mass is 32.2. The van der Waals surface area contributed by atoms with E-state index < -0.39 is 52.5 Å². The van der Waals surface area contributed by atoms with Gasteiger partial charge in [0.15, 0.2) is 0 Å². The number of aromatic nitrogens is 2. The summed E-state index contributed by atoms with van der Waals surface area (Å²) >= 11 is 0. The van der Waals surface area contributed by atoms with Crippen molar-refractivity contribution in [2.75, 3.05) is 13.1 Å². The maximum atomic E-state index is 13.6. The average Bonchev–Trinajstić information content (AvgIpc) is 3.37. The summed E-state index contributed by atoms with van der Waals surface area (Å²) in [4.78, 5) is 16.3. The molecule has 1 aromatic carbocycles. The van der Waals surface area contributed by atoms with Gasteiger partial charge >= 0.3 is 6.18 Å². The third-order valence-electron chi connectivity index (χ3n) is 5.30. The molecular formula is C19H23F3N4O4S. The van der Waals surface area contributed by atoms with Gasteiger partial charge < -0.3 is 15.0 Å². The molecule has 0 saturated carbocycles. The summed E-state index contributed by atoms with van der Waals surface area (Å²) < 4.78 is 68.5. The van der Waals surface area contributed by atoms with Crippen LogP contribution in [0.5, 0.6) is 0 Å². The number of alkyl halides is 3. The monoisotopic (exact) mass is 460 g/mol. The number of nitrogens with zero attached hydrogens (tertiary/aromatic N) is 3. The molecular weight excluding hydrogens is 437 g/mol. The van der Waals surface area contributed by atoms with Crippen LogP contribution in [0.2, 0.25) is 0 Å². The van der Waals surface area contributed by atoms with Gasteiger partial charge in [-0.15, -0.1) is 0 Å². The number of amides is 1. The number of imidazole rings is 1. The van der Waals surface area contributed by atoms with Crippen LogP contribution >= 0.6 is 0 Å².